The van der Waals surface area contributed by atoms with Crippen LogP contribution in [0.4, 0.5) is 4.39 Å². The first-order chi connectivity index (χ1) is 8.03. The maximum atomic E-state index is 13.1. The number of hydrogen-bond donors (Lipinski definition) is 1. The van der Waals surface area contributed by atoms with Gasteiger partial charge in [-0.25, -0.2) is 4.39 Å². The molecule has 1 heterocycles. The van der Waals surface area contributed by atoms with E-state index < -0.39 is 0 Å². The fourth-order valence-corrected chi connectivity index (χ4v) is 1.33. The lowest BCUT2D eigenvalue weighted by molar-refractivity contribution is 0.311. The molecule has 0 unspecified atom stereocenters. The quantitative estimate of drug-likeness (QED) is 0.884. The second-order valence-electron chi connectivity index (χ2n) is 4.52. The molecule has 0 aliphatic heterocycles. The van der Waals surface area contributed by atoms with E-state index in [9.17, 15) is 4.39 Å². The fourth-order valence-electron chi connectivity index (χ4n) is 1.33. The highest BCUT2D eigenvalue weighted by Gasteiger charge is 2.26. The molecular weight excluding hydrogens is 221 g/mol. The molecule has 0 spiro atoms. The summed E-state index contributed by atoms with van der Waals surface area (Å²) < 4.78 is 18.2. The molecule has 0 aliphatic carbocycles. The van der Waals surface area contributed by atoms with Gasteiger partial charge in [0.1, 0.15) is 5.82 Å². The van der Waals surface area contributed by atoms with Crippen molar-refractivity contribution in [1.82, 2.24) is 10.1 Å². The average molecular weight is 235 g/mol. The van der Waals surface area contributed by atoms with E-state index in [1.165, 1.54) is 12.1 Å². The molecule has 0 saturated carbocycles. The molecule has 0 bridgehead atoms. The van der Waals surface area contributed by atoms with Crippen LogP contribution in [0, 0.1) is 5.82 Å². The smallest absolute Gasteiger partial charge is 0.233 e. The minimum Gasteiger partial charge on any atom is -0.338 e. The fraction of sp³-hybridized carbons (Fsp3) is 0.333. The van der Waals surface area contributed by atoms with Crippen molar-refractivity contribution in [3.05, 3.63) is 36.0 Å². The Bertz CT molecular complexity index is 522. The van der Waals surface area contributed by atoms with E-state index in [1.807, 2.05) is 13.8 Å². The third-order valence-electron chi connectivity index (χ3n) is 2.60. The summed E-state index contributed by atoms with van der Waals surface area (Å²) in [6.07, 6.45) is 0. The van der Waals surface area contributed by atoms with Gasteiger partial charge < -0.3 is 10.3 Å². The van der Waals surface area contributed by atoms with Gasteiger partial charge in [0.05, 0.1) is 5.41 Å². The van der Waals surface area contributed by atoms with Crippen LogP contribution in [0.25, 0.3) is 11.4 Å². The molecule has 0 aliphatic rings. The van der Waals surface area contributed by atoms with Gasteiger partial charge >= 0.3 is 0 Å². The molecule has 5 heteroatoms. The van der Waals surface area contributed by atoms with Crippen molar-refractivity contribution < 1.29 is 8.91 Å². The van der Waals surface area contributed by atoms with Gasteiger partial charge in [0.15, 0.2) is 0 Å². The van der Waals surface area contributed by atoms with Crippen molar-refractivity contribution in [2.24, 2.45) is 5.73 Å². The normalized spacial score (nSPS) is 11.8. The predicted octanol–water partition coefficient (Wildman–Crippen LogP) is 2.11. The molecule has 0 radical (unpaired) electrons. The van der Waals surface area contributed by atoms with Gasteiger partial charge in [0.25, 0.3) is 0 Å². The van der Waals surface area contributed by atoms with Crippen LogP contribution >= 0.6 is 0 Å². The van der Waals surface area contributed by atoms with Crippen LogP contribution in [0.5, 0.6) is 0 Å². The lowest BCUT2D eigenvalue weighted by Crippen LogP contribution is -2.28. The van der Waals surface area contributed by atoms with Crippen LogP contribution in [-0.4, -0.2) is 16.7 Å². The van der Waals surface area contributed by atoms with E-state index in [2.05, 4.69) is 10.1 Å². The zero-order valence-corrected chi connectivity index (χ0v) is 9.77. The third-order valence-corrected chi connectivity index (χ3v) is 2.60. The Hall–Kier alpha value is -1.75. The largest absolute Gasteiger partial charge is 0.338 e. The summed E-state index contributed by atoms with van der Waals surface area (Å²) in [6, 6.07) is 6.07. The van der Waals surface area contributed by atoms with Crippen LogP contribution in [0.15, 0.2) is 28.8 Å². The van der Waals surface area contributed by atoms with Crippen LogP contribution in [0.1, 0.15) is 19.7 Å². The van der Waals surface area contributed by atoms with E-state index in [4.69, 9.17) is 10.3 Å². The molecule has 90 valence electrons. The summed E-state index contributed by atoms with van der Waals surface area (Å²) in [5.41, 5.74) is 5.84. The third kappa shape index (κ3) is 2.34. The lowest BCUT2D eigenvalue weighted by Gasteiger charge is -2.15. The van der Waals surface area contributed by atoms with Crippen molar-refractivity contribution >= 4 is 0 Å². The van der Waals surface area contributed by atoms with Crippen molar-refractivity contribution in [2.75, 3.05) is 6.54 Å². The van der Waals surface area contributed by atoms with Crippen molar-refractivity contribution in [3.8, 4) is 11.4 Å². The molecule has 0 fully saturated rings. The second-order valence-corrected chi connectivity index (χ2v) is 4.52. The Kier molecular flexibility index (Phi) is 2.93. The summed E-state index contributed by atoms with van der Waals surface area (Å²) in [5, 5.41) is 3.83. The highest BCUT2D eigenvalue weighted by atomic mass is 19.1. The number of benzene rings is 1. The Balaban J connectivity index is 2.36. The Morgan fingerprint density at radius 3 is 2.82 bits per heavy atom. The minimum atomic E-state index is -0.376. The molecule has 17 heavy (non-hydrogen) atoms. The van der Waals surface area contributed by atoms with E-state index in [0.29, 0.717) is 23.8 Å². The van der Waals surface area contributed by atoms with Crippen molar-refractivity contribution in [2.45, 2.75) is 19.3 Å². The Morgan fingerprint density at radius 1 is 1.41 bits per heavy atom. The summed E-state index contributed by atoms with van der Waals surface area (Å²) in [6.45, 7) is 4.23. The molecule has 2 rings (SSSR count). The molecule has 1 aromatic heterocycles. The van der Waals surface area contributed by atoms with Gasteiger partial charge in [-0.3, -0.25) is 0 Å². The minimum absolute atomic E-state index is 0.327. The van der Waals surface area contributed by atoms with Crippen LogP contribution < -0.4 is 5.73 Å². The molecule has 0 amide bonds. The summed E-state index contributed by atoms with van der Waals surface area (Å²) >= 11 is 0. The predicted molar refractivity (Wildman–Crippen MR) is 61.8 cm³/mol. The maximum absolute atomic E-state index is 13.1. The van der Waals surface area contributed by atoms with E-state index in [0.717, 1.165) is 0 Å². The summed E-state index contributed by atoms with van der Waals surface area (Å²) in [5.74, 6) is 0.507. The number of nitrogens with zero attached hydrogens (tertiary/aromatic N) is 2. The number of nitrogens with two attached hydrogens (primary N) is 1. The van der Waals surface area contributed by atoms with Gasteiger partial charge in [-0.1, -0.05) is 17.3 Å². The number of rotatable bonds is 3. The lowest BCUT2D eigenvalue weighted by atomic mass is 9.94. The Morgan fingerprint density at radius 2 is 2.18 bits per heavy atom. The highest BCUT2D eigenvalue weighted by molar-refractivity contribution is 5.54. The van der Waals surface area contributed by atoms with Gasteiger partial charge in [-0.05, 0) is 26.0 Å². The average Bonchev–Trinajstić information content (AvgIpc) is 2.79. The number of aromatic nitrogens is 2. The van der Waals surface area contributed by atoms with Crippen LogP contribution in [0.3, 0.4) is 0 Å². The van der Waals surface area contributed by atoms with Crippen LogP contribution in [0.2, 0.25) is 0 Å². The molecule has 1 aromatic carbocycles. The van der Waals surface area contributed by atoms with Gasteiger partial charge in [-0.2, -0.15) is 4.98 Å². The van der Waals surface area contributed by atoms with Gasteiger partial charge in [0, 0.05) is 12.1 Å². The van der Waals surface area contributed by atoms with Crippen molar-refractivity contribution in [3.63, 3.8) is 0 Å². The first-order valence-electron chi connectivity index (χ1n) is 5.33. The van der Waals surface area contributed by atoms with Gasteiger partial charge in [0.2, 0.25) is 11.7 Å². The summed E-state index contributed by atoms with van der Waals surface area (Å²) in [7, 11) is 0. The standard InChI is InChI=1S/C12H14FN3O/c1-12(2,7-14)11-15-10(16-17-11)8-4-3-5-9(13)6-8/h3-6H,7,14H2,1-2H3. The second kappa shape index (κ2) is 4.25. The zero-order valence-electron chi connectivity index (χ0n) is 9.77. The van der Waals surface area contributed by atoms with Gasteiger partial charge in [-0.15, -0.1) is 0 Å². The molecule has 4 nitrogen and oxygen atoms in total. The monoisotopic (exact) mass is 235 g/mol. The number of halogens is 1. The first kappa shape index (κ1) is 11.7. The molecular formula is C12H14FN3O. The van der Waals surface area contributed by atoms with E-state index in [-0.39, 0.29) is 11.2 Å². The maximum Gasteiger partial charge on any atom is 0.233 e. The van der Waals surface area contributed by atoms with Crippen LogP contribution in [-0.2, 0) is 5.41 Å². The summed E-state index contributed by atoms with van der Waals surface area (Å²) in [4.78, 5) is 4.24. The number of hydrogen-bond acceptors (Lipinski definition) is 4. The molecule has 0 atom stereocenters. The molecule has 0 saturated heterocycles. The van der Waals surface area contributed by atoms with E-state index >= 15 is 0 Å². The van der Waals surface area contributed by atoms with E-state index in [1.54, 1.807) is 12.1 Å². The zero-order chi connectivity index (χ0) is 12.5. The first-order valence-corrected chi connectivity index (χ1v) is 5.33. The SMILES string of the molecule is CC(C)(CN)c1nc(-c2cccc(F)c2)no1. The highest BCUT2D eigenvalue weighted by Crippen LogP contribution is 2.23. The molecule has 2 N–H and O–H groups in total. The Labute approximate surface area is 98.6 Å². The molecule has 2 aromatic rings. The van der Waals surface area contributed by atoms with Crippen molar-refractivity contribution in [1.29, 1.82) is 0 Å². The topological polar surface area (TPSA) is 64.9 Å².